The molecule has 5 nitrogen and oxygen atoms in total. The van der Waals surface area contributed by atoms with E-state index in [-0.39, 0.29) is 12.2 Å². The van der Waals surface area contributed by atoms with Crippen molar-refractivity contribution in [2.75, 3.05) is 11.9 Å². The normalized spacial score (nSPS) is 9.14. The van der Waals surface area contributed by atoms with E-state index in [1.54, 1.807) is 19.1 Å². The minimum absolute atomic E-state index is 0.0629. The van der Waals surface area contributed by atoms with Crippen molar-refractivity contribution >= 4 is 11.4 Å². The van der Waals surface area contributed by atoms with Gasteiger partial charge in [0.2, 0.25) is 0 Å². The van der Waals surface area contributed by atoms with Crippen LogP contribution in [0.1, 0.15) is 5.56 Å². The topological polar surface area (TPSA) is 79.0 Å². The van der Waals surface area contributed by atoms with Crippen LogP contribution in [-0.4, -0.2) is 11.5 Å². The summed E-state index contributed by atoms with van der Waals surface area (Å²) in [5, 5.41) is 21.6. The molecule has 72 valence electrons. The Morgan fingerprint density at radius 1 is 1.64 bits per heavy atom. The third-order valence-corrected chi connectivity index (χ3v) is 1.78. The molecule has 0 fully saturated rings. The molecule has 0 saturated carbocycles. The van der Waals surface area contributed by atoms with Crippen LogP contribution >= 0.6 is 0 Å². The van der Waals surface area contributed by atoms with Crippen molar-refractivity contribution in [3.63, 3.8) is 0 Å². The van der Waals surface area contributed by atoms with Crippen LogP contribution in [0.5, 0.6) is 0 Å². The fourth-order valence-corrected chi connectivity index (χ4v) is 1.06. The van der Waals surface area contributed by atoms with Crippen molar-refractivity contribution in [1.82, 2.24) is 0 Å². The molecule has 0 aromatic heterocycles. The van der Waals surface area contributed by atoms with Gasteiger partial charge in [-0.15, -0.1) is 0 Å². The predicted octanol–water partition coefficient (Wildman–Crippen LogP) is 1.84. The first-order valence-corrected chi connectivity index (χ1v) is 4.01. The number of nitro groups is 1. The lowest BCUT2D eigenvalue weighted by Gasteiger charge is -2.02. The molecule has 0 bridgehead atoms. The third-order valence-electron chi connectivity index (χ3n) is 1.78. The van der Waals surface area contributed by atoms with Crippen molar-refractivity contribution in [1.29, 1.82) is 5.26 Å². The van der Waals surface area contributed by atoms with E-state index in [2.05, 4.69) is 5.32 Å². The number of hydrogen-bond donors (Lipinski definition) is 1. The van der Waals surface area contributed by atoms with Crippen LogP contribution in [0.2, 0.25) is 0 Å². The first kappa shape index (κ1) is 9.99. The summed E-state index contributed by atoms with van der Waals surface area (Å²) in [6, 6.07) is 6.68. The molecular weight excluding hydrogens is 182 g/mol. The quantitative estimate of drug-likeness (QED) is 0.449. The molecule has 1 aromatic rings. The monoisotopic (exact) mass is 191 g/mol. The highest BCUT2D eigenvalue weighted by Crippen LogP contribution is 2.21. The van der Waals surface area contributed by atoms with Crippen LogP contribution in [-0.2, 0) is 0 Å². The van der Waals surface area contributed by atoms with E-state index >= 15 is 0 Å². The molecule has 0 saturated heterocycles. The van der Waals surface area contributed by atoms with Crippen molar-refractivity contribution in [2.45, 2.75) is 6.92 Å². The van der Waals surface area contributed by atoms with Crippen molar-refractivity contribution < 1.29 is 4.92 Å². The number of benzene rings is 1. The largest absolute Gasteiger partial charge is 0.372 e. The Morgan fingerprint density at radius 3 is 2.93 bits per heavy atom. The Labute approximate surface area is 81.1 Å². The van der Waals surface area contributed by atoms with Crippen molar-refractivity contribution in [3.05, 3.63) is 33.9 Å². The molecule has 0 aliphatic heterocycles. The number of anilines is 1. The Hall–Kier alpha value is -2.09. The molecule has 0 amide bonds. The summed E-state index contributed by atoms with van der Waals surface area (Å²) in [6.07, 6.45) is 0. The maximum absolute atomic E-state index is 10.6. The second-order valence-electron chi connectivity index (χ2n) is 2.77. The lowest BCUT2D eigenvalue weighted by molar-refractivity contribution is -0.385. The average Bonchev–Trinajstić information content (AvgIpc) is 2.16. The zero-order valence-corrected chi connectivity index (χ0v) is 7.65. The molecule has 0 heterocycles. The molecule has 0 atom stereocenters. The van der Waals surface area contributed by atoms with Gasteiger partial charge >= 0.3 is 0 Å². The third kappa shape index (κ3) is 2.20. The number of rotatable bonds is 3. The summed E-state index contributed by atoms with van der Waals surface area (Å²) >= 11 is 0. The van der Waals surface area contributed by atoms with Crippen LogP contribution in [0.3, 0.4) is 0 Å². The molecule has 1 aromatic carbocycles. The van der Waals surface area contributed by atoms with Crippen LogP contribution in [0, 0.1) is 28.4 Å². The van der Waals surface area contributed by atoms with E-state index in [4.69, 9.17) is 5.26 Å². The summed E-state index contributed by atoms with van der Waals surface area (Å²) in [5.74, 6) is 0. The fraction of sp³-hybridized carbons (Fsp3) is 0.222. The number of hydrogen-bond acceptors (Lipinski definition) is 4. The molecule has 0 aliphatic carbocycles. The van der Waals surface area contributed by atoms with Gasteiger partial charge in [-0.1, -0.05) is 6.07 Å². The highest BCUT2D eigenvalue weighted by molar-refractivity contribution is 5.55. The summed E-state index contributed by atoms with van der Waals surface area (Å²) in [6.45, 7) is 1.81. The highest BCUT2D eigenvalue weighted by Gasteiger charge is 2.10. The van der Waals surface area contributed by atoms with Gasteiger partial charge in [0.05, 0.1) is 11.0 Å². The number of nitro benzene ring substituents is 1. The van der Waals surface area contributed by atoms with Crippen molar-refractivity contribution in [2.24, 2.45) is 0 Å². The number of nitrogens with one attached hydrogen (secondary N) is 1. The molecule has 14 heavy (non-hydrogen) atoms. The zero-order chi connectivity index (χ0) is 10.6. The summed E-state index contributed by atoms with van der Waals surface area (Å²) in [4.78, 5) is 10.1. The van der Waals surface area contributed by atoms with E-state index in [1.807, 2.05) is 6.07 Å². The van der Waals surface area contributed by atoms with Gasteiger partial charge < -0.3 is 5.32 Å². The van der Waals surface area contributed by atoms with Gasteiger partial charge in [-0.25, -0.2) is 0 Å². The zero-order valence-electron chi connectivity index (χ0n) is 7.65. The lowest BCUT2D eigenvalue weighted by atomic mass is 10.2. The van der Waals surface area contributed by atoms with E-state index in [0.717, 1.165) is 0 Å². The Kier molecular flexibility index (Phi) is 3.02. The second kappa shape index (κ2) is 4.23. The second-order valence-corrected chi connectivity index (χ2v) is 2.77. The lowest BCUT2D eigenvalue weighted by Crippen LogP contribution is -1.99. The van der Waals surface area contributed by atoms with E-state index in [9.17, 15) is 10.1 Å². The standard InChI is InChI=1S/C9H9N3O2/c1-7-2-3-8(11-5-4-10)6-9(7)12(13)14/h2-3,6,11H,5H2,1H3. The van der Waals surface area contributed by atoms with Gasteiger partial charge in [0.15, 0.2) is 0 Å². The van der Waals surface area contributed by atoms with Gasteiger partial charge in [0.25, 0.3) is 5.69 Å². The summed E-state index contributed by atoms with van der Waals surface area (Å²) < 4.78 is 0. The van der Waals surface area contributed by atoms with Crippen molar-refractivity contribution in [3.8, 4) is 6.07 Å². The summed E-state index contributed by atoms with van der Waals surface area (Å²) in [7, 11) is 0. The van der Waals surface area contributed by atoms with E-state index in [0.29, 0.717) is 11.3 Å². The maximum Gasteiger partial charge on any atom is 0.274 e. The predicted molar refractivity (Wildman–Crippen MR) is 51.9 cm³/mol. The van der Waals surface area contributed by atoms with Gasteiger partial charge in [-0.05, 0) is 13.0 Å². The van der Waals surface area contributed by atoms with E-state index < -0.39 is 4.92 Å². The van der Waals surface area contributed by atoms with Crippen LogP contribution in [0.4, 0.5) is 11.4 Å². The Bertz CT molecular complexity index is 396. The van der Waals surface area contributed by atoms with Crippen LogP contribution in [0.25, 0.3) is 0 Å². The van der Waals surface area contributed by atoms with E-state index in [1.165, 1.54) is 6.07 Å². The summed E-state index contributed by atoms with van der Waals surface area (Å²) in [5.41, 5.74) is 1.26. The van der Waals surface area contributed by atoms with Gasteiger partial charge in [0, 0.05) is 17.3 Å². The Morgan fingerprint density at radius 2 is 2.36 bits per heavy atom. The van der Waals surface area contributed by atoms with Gasteiger partial charge in [0.1, 0.15) is 6.54 Å². The Balaban J connectivity index is 2.96. The number of nitrogens with zero attached hydrogens (tertiary/aromatic N) is 2. The number of aryl methyl sites for hydroxylation is 1. The molecule has 0 unspecified atom stereocenters. The molecule has 5 heteroatoms. The molecule has 0 spiro atoms. The first-order valence-electron chi connectivity index (χ1n) is 4.01. The SMILES string of the molecule is Cc1ccc(NCC#N)cc1[N+](=O)[O-]. The molecule has 1 rings (SSSR count). The molecule has 0 radical (unpaired) electrons. The fourth-order valence-electron chi connectivity index (χ4n) is 1.06. The molecular formula is C9H9N3O2. The average molecular weight is 191 g/mol. The first-order chi connectivity index (χ1) is 6.65. The minimum atomic E-state index is -0.438. The van der Waals surface area contributed by atoms with Crippen LogP contribution in [0.15, 0.2) is 18.2 Å². The number of nitriles is 1. The van der Waals surface area contributed by atoms with Gasteiger partial charge in [-0.2, -0.15) is 5.26 Å². The minimum Gasteiger partial charge on any atom is -0.372 e. The highest BCUT2D eigenvalue weighted by atomic mass is 16.6. The smallest absolute Gasteiger partial charge is 0.274 e. The van der Waals surface area contributed by atoms with Crippen LogP contribution < -0.4 is 5.32 Å². The molecule has 1 N–H and O–H groups in total. The maximum atomic E-state index is 10.6. The van der Waals surface area contributed by atoms with Gasteiger partial charge in [-0.3, -0.25) is 10.1 Å². The molecule has 0 aliphatic rings.